The van der Waals surface area contributed by atoms with Crippen molar-refractivity contribution in [1.82, 2.24) is 4.98 Å². The second-order valence-electron chi connectivity index (χ2n) is 14.2. The van der Waals surface area contributed by atoms with Gasteiger partial charge >= 0.3 is 0 Å². The van der Waals surface area contributed by atoms with Gasteiger partial charge in [-0.05, 0) is 123 Å². The largest absolute Gasteiger partial charge is 0.264 e. The zero-order chi connectivity index (χ0) is 33.3. The molecular formula is C50H29N. The van der Waals surface area contributed by atoms with Crippen LogP contribution in [0.25, 0.3) is 88.3 Å². The number of hydrogen-bond acceptors (Lipinski definition) is 1. The van der Waals surface area contributed by atoms with Gasteiger partial charge in [0.1, 0.15) is 0 Å². The van der Waals surface area contributed by atoms with E-state index in [2.05, 4.69) is 163 Å². The molecule has 51 heavy (non-hydrogen) atoms. The normalized spacial score (nSPS) is 13.6. The number of pyridine rings is 1. The van der Waals surface area contributed by atoms with E-state index in [1.165, 1.54) is 105 Å². The van der Waals surface area contributed by atoms with Crippen molar-refractivity contribution in [2.75, 3.05) is 0 Å². The van der Waals surface area contributed by atoms with Crippen molar-refractivity contribution in [2.45, 2.75) is 5.41 Å². The maximum Gasteiger partial charge on any atom is 0.0725 e. The van der Waals surface area contributed by atoms with Crippen molar-refractivity contribution in [2.24, 2.45) is 0 Å². The molecule has 0 unspecified atom stereocenters. The molecule has 1 aromatic heterocycles. The minimum Gasteiger partial charge on any atom is -0.264 e. The Morgan fingerprint density at radius 1 is 0.353 bits per heavy atom. The van der Waals surface area contributed by atoms with Crippen molar-refractivity contribution in [3.8, 4) is 66.8 Å². The molecule has 0 amide bonds. The molecule has 8 aromatic carbocycles. The van der Waals surface area contributed by atoms with Crippen LogP contribution < -0.4 is 0 Å². The molecule has 0 bridgehead atoms. The number of rotatable bonds is 2. The van der Waals surface area contributed by atoms with Gasteiger partial charge in [-0.2, -0.15) is 0 Å². The van der Waals surface area contributed by atoms with E-state index in [0.29, 0.717) is 0 Å². The molecule has 3 aliphatic carbocycles. The predicted molar refractivity (Wildman–Crippen MR) is 211 cm³/mol. The summed E-state index contributed by atoms with van der Waals surface area (Å²) >= 11 is 0. The van der Waals surface area contributed by atoms with Gasteiger partial charge in [0.05, 0.1) is 5.41 Å². The standard InChI is InChI=1S/C50H29N/c1-4-21-42-35(15-1)36-16-2-5-22-43(36)50(42)44-23-6-3-17-39(44)48-45(50)28-41-38-19-7-11-30-12-8-20-40(46(30)38)47(41)49(48)37-18-9-13-32-27-31(24-25-34(32)37)33-14-10-26-51-29-33/h1-29H. The minimum atomic E-state index is -0.427. The van der Waals surface area contributed by atoms with Gasteiger partial charge < -0.3 is 0 Å². The van der Waals surface area contributed by atoms with Crippen molar-refractivity contribution >= 4 is 21.5 Å². The fraction of sp³-hybridized carbons (Fsp3) is 0.0200. The molecule has 0 aliphatic heterocycles. The maximum absolute atomic E-state index is 4.41. The summed E-state index contributed by atoms with van der Waals surface area (Å²) in [6.07, 6.45) is 3.79. The Kier molecular flexibility index (Phi) is 5.23. The quantitative estimate of drug-likeness (QED) is 0.183. The third kappa shape index (κ3) is 3.34. The van der Waals surface area contributed by atoms with Gasteiger partial charge in [0.15, 0.2) is 0 Å². The van der Waals surface area contributed by atoms with Gasteiger partial charge in [0.2, 0.25) is 0 Å². The fourth-order valence-electron chi connectivity index (χ4n) is 10.00. The summed E-state index contributed by atoms with van der Waals surface area (Å²) in [5, 5.41) is 5.13. The lowest BCUT2D eigenvalue weighted by atomic mass is 9.69. The zero-order valence-electron chi connectivity index (χ0n) is 27.7. The molecule has 0 atom stereocenters. The van der Waals surface area contributed by atoms with Crippen LogP contribution in [0.1, 0.15) is 22.3 Å². The van der Waals surface area contributed by atoms with Crippen molar-refractivity contribution < 1.29 is 0 Å². The van der Waals surface area contributed by atoms with Crippen LogP contribution in [0.3, 0.4) is 0 Å². The third-order valence-corrected chi connectivity index (χ3v) is 11.9. The zero-order valence-corrected chi connectivity index (χ0v) is 27.7. The molecule has 3 aliphatic rings. The monoisotopic (exact) mass is 643 g/mol. The molecule has 0 fully saturated rings. The topological polar surface area (TPSA) is 12.9 Å². The molecular weight excluding hydrogens is 615 g/mol. The summed E-state index contributed by atoms with van der Waals surface area (Å²) in [6, 6.07) is 61.6. The Morgan fingerprint density at radius 2 is 0.980 bits per heavy atom. The van der Waals surface area contributed by atoms with Crippen LogP contribution in [0.15, 0.2) is 176 Å². The number of fused-ring (bicyclic) bond motifs is 14. The van der Waals surface area contributed by atoms with Crippen LogP contribution in [0.2, 0.25) is 0 Å². The summed E-state index contributed by atoms with van der Waals surface area (Å²) in [7, 11) is 0. The number of hydrogen-bond donors (Lipinski definition) is 0. The van der Waals surface area contributed by atoms with Crippen LogP contribution in [0, 0.1) is 0 Å². The first-order valence-electron chi connectivity index (χ1n) is 17.8. The van der Waals surface area contributed by atoms with Crippen molar-refractivity contribution in [3.05, 3.63) is 198 Å². The molecule has 1 nitrogen and oxygen atoms in total. The van der Waals surface area contributed by atoms with Crippen molar-refractivity contribution in [3.63, 3.8) is 0 Å². The predicted octanol–water partition coefficient (Wildman–Crippen LogP) is 12.7. The van der Waals surface area contributed by atoms with E-state index in [1.807, 2.05) is 18.5 Å². The molecule has 12 rings (SSSR count). The SMILES string of the molecule is c1cncc(-c2ccc3c(-c4c5c(cc6c4-c4ccccc4C64c6ccccc6-c6ccccc64)-c4cccc6cccc-5c46)cccc3c2)c1. The summed E-state index contributed by atoms with van der Waals surface area (Å²) in [6.45, 7) is 0. The van der Waals surface area contributed by atoms with Crippen LogP contribution in [0.5, 0.6) is 0 Å². The minimum absolute atomic E-state index is 0.427. The van der Waals surface area contributed by atoms with E-state index >= 15 is 0 Å². The Bertz CT molecular complexity index is 2920. The van der Waals surface area contributed by atoms with E-state index < -0.39 is 5.41 Å². The highest BCUT2D eigenvalue weighted by molar-refractivity contribution is 6.22. The second kappa shape index (κ2) is 9.78. The lowest BCUT2D eigenvalue weighted by Crippen LogP contribution is -2.26. The molecule has 0 saturated heterocycles. The average Bonchev–Trinajstić information content (AvgIpc) is 3.80. The van der Waals surface area contributed by atoms with E-state index in [4.69, 9.17) is 0 Å². The van der Waals surface area contributed by atoms with E-state index in [-0.39, 0.29) is 0 Å². The highest BCUT2D eigenvalue weighted by Crippen LogP contribution is 2.67. The first-order chi connectivity index (χ1) is 25.3. The van der Waals surface area contributed by atoms with Crippen LogP contribution in [-0.4, -0.2) is 4.98 Å². The van der Waals surface area contributed by atoms with Gasteiger partial charge in [-0.15, -0.1) is 0 Å². The number of nitrogens with zero attached hydrogens (tertiary/aromatic N) is 1. The molecule has 234 valence electrons. The Balaban J connectivity index is 1.27. The van der Waals surface area contributed by atoms with Gasteiger partial charge in [-0.25, -0.2) is 0 Å². The van der Waals surface area contributed by atoms with Gasteiger partial charge in [0.25, 0.3) is 0 Å². The Labute approximate surface area is 296 Å². The van der Waals surface area contributed by atoms with Gasteiger partial charge in [0, 0.05) is 18.0 Å². The molecule has 1 heterocycles. The van der Waals surface area contributed by atoms with Crippen LogP contribution in [0.4, 0.5) is 0 Å². The summed E-state index contributed by atoms with van der Waals surface area (Å²) < 4.78 is 0. The first kappa shape index (κ1) is 27.3. The molecule has 0 radical (unpaired) electrons. The fourth-order valence-corrected chi connectivity index (χ4v) is 10.00. The maximum atomic E-state index is 4.41. The highest BCUT2D eigenvalue weighted by Gasteiger charge is 2.53. The first-order valence-corrected chi connectivity index (χ1v) is 17.8. The number of benzene rings is 8. The molecule has 9 aromatic rings. The van der Waals surface area contributed by atoms with Gasteiger partial charge in [-0.1, -0.05) is 146 Å². The van der Waals surface area contributed by atoms with E-state index in [0.717, 1.165) is 5.56 Å². The Hall–Kier alpha value is -6.57. The van der Waals surface area contributed by atoms with Gasteiger partial charge in [-0.3, -0.25) is 4.98 Å². The summed E-state index contributed by atoms with van der Waals surface area (Å²) in [5.41, 5.74) is 20.6. The van der Waals surface area contributed by atoms with Crippen molar-refractivity contribution in [1.29, 1.82) is 0 Å². The average molecular weight is 644 g/mol. The van der Waals surface area contributed by atoms with Crippen LogP contribution in [-0.2, 0) is 5.41 Å². The highest BCUT2D eigenvalue weighted by atomic mass is 14.6. The molecule has 1 heteroatoms. The molecule has 0 saturated carbocycles. The lowest BCUT2D eigenvalue weighted by molar-refractivity contribution is 0.794. The molecule has 0 N–H and O–H groups in total. The van der Waals surface area contributed by atoms with Crippen LogP contribution >= 0.6 is 0 Å². The summed E-state index contributed by atoms with van der Waals surface area (Å²) in [5.74, 6) is 0. The lowest BCUT2D eigenvalue weighted by Gasteiger charge is -2.31. The summed E-state index contributed by atoms with van der Waals surface area (Å²) in [4.78, 5) is 4.41. The second-order valence-corrected chi connectivity index (χ2v) is 14.2. The van der Waals surface area contributed by atoms with E-state index in [1.54, 1.807) is 0 Å². The smallest absolute Gasteiger partial charge is 0.0725 e. The number of aromatic nitrogens is 1. The molecule has 1 spiro atoms. The van der Waals surface area contributed by atoms with E-state index in [9.17, 15) is 0 Å². The third-order valence-electron chi connectivity index (χ3n) is 11.9. The Morgan fingerprint density at radius 3 is 1.71 bits per heavy atom.